The first-order valence-corrected chi connectivity index (χ1v) is 5.61. The standard InChI is InChI=1S/C14H18N2/c1-11-12(8-6-10-15-2)13-7-4-5-9-14(13)16(11)3/h4-9,15H,10H2,1-3H3. The van der Waals surface area contributed by atoms with Crippen LogP contribution in [0.2, 0.25) is 0 Å². The van der Waals surface area contributed by atoms with Crippen LogP contribution in [0.3, 0.4) is 0 Å². The molecule has 0 amide bonds. The Labute approximate surface area is 96.6 Å². The predicted octanol–water partition coefficient (Wildman–Crippen LogP) is 2.72. The second kappa shape index (κ2) is 4.54. The Morgan fingerprint density at radius 2 is 2.06 bits per heavy atom. The van der Waals surface area contributed by atoms with Gasteiger partial charge in [-0.1, -0.05) is 30.4 Å². The van der Waals surface area contributed by atoms with Gasteiger partial charge in [-0.15, -0.1) is 0 Å². The van der Waals surface area contributed by atoms with Crippen molar-refractivity contribution in [2.24, 2.45) is 7.05 Å². The summed E-state index contributed by atoms with van der Waals surface area (Å²) in [5.41, 5.74) is 3.94. The van der Waals surface area contributed by atoms with Crippen molar-refractivity contribution in [3.05, 3.63) is 41.6 Å². The van der Waals surface area contributed by atoms with E-state index < -0.39 is 0 Å². The molecule has 0 aliphatic rings. The maximum atomic E-state index is 3.12. The second-order valence-electron chi connectivity index (χ2n) is 4.04. The van der Waals surface area contributed by atoms with Gasteiger partial charge in [-0.3, -0.25) is 0 Å². The third-order valence-electron chi connectivity index (χ3n) is 3.05. The highest BCUT2D eigenvalue weighted by Gasteiger charge is 2.07. The lowest BCUT2D eigenvalue weighted by molar-refractivity contribution is 0.913. The summed E-state index contributed by atoms with van der Waals surface area (Å²) in [6.45, 7) is 3.07. The number of aryl methyl sites for hydroxylation is 1. The molecule has 2 nitrogen and oxygen atoms in total. The Hall–Kier alpha value is -1.54. The van der Waals surface area contributed by atoms with Crippen molar-refractivity contribution in [1.82, 2.24) is 9.88 Å². The van der Waals surface area contributed by atoms with Gasteiger partial charge in [-0.2, -0.15) is 0 Å². The first-order valence-electron chi connectivity index (χ1n) is 5.61. The molecule has 84 valence electrons. The zero-order valence-electron chi connectivity index (χ0n) is 10.1. The molecule has 0 aliphatic heterocycles. The minimum atomic E-state index is 0.905. The van der Waals surface area contributed by atoms with Gasteiger partial charge in [0.15, 0.2) is 0 Å². The lowest BCUT2D eigenvalue weighted by Gasteiger charge is -1.97. The van der Waals surface area contributed by atoms with Gasteiger partial charge >= 0.3 is 0 Å². The van der Waals surface area contributed by atoms with E-state index in [1.54, 1.807) is 0 Å². The number of fused-ring (bicyclic) bond motifs is 1. The molecule has 0 unspecified atom stereocenters. The molecule has 1 N–H and O–H groups in total. The Morgan fingerprint density at radius 3 is 2.81 bits per heavy atom. The highest BCUT2D eigenvalue weighted by atomic mass is 14.9. The van der Waals surface area contributed by atoms with E-state index in [4.69, 9.17) is 0 Å². The van der Waals surface area contributed by atoms with E-state index in [1.165, 1.54) is 22.2 Å². The molecule has 0 fully saturated rings. The van der Waals surface area contributed by atoms with Crippen LogP contribution >= 0.6 is 0 Å². The quantitative estimate of drug-likeness (QED) is 0.831. The maximum Gasteiger partial charge on any atom is 0.0486 e. The van der Waals surface area contributed by atoms with Crippen LogP contribution in [0.5, 0.6) is 0 Å². The van der Waals surface area contributed by atoms with Gasteiger partial charge in [0, 0.05) is 35.8 Å². The highest BCUT2D eigenvalue weighted by molar-refractivity contribution is 5.91. The first-order chi connectivity index (χ1) is 7.75. The maximum absolute atomic E-state index is 3.12. The van der Waals surface area contributed by atoms with E-state index in [1.807, 2.05) is 7.05 Å². The topological polar surface area (TPSA) is 17.0 Å². The molecule has 1 aromatic carbocycles. The number of para-hydroxylation sites is 1. The summed E-state index contributed by atoms with van der Waals surface area (Å²) in [6, 6.07) is 8.53. The number of hydrogen-bond acceptors (Lipinski definition) is 1. The highest BCUT2D eigenvalue weighted by Crippen LogP contribution is 2.25. The summed E-state index contributed by atoms with van der Waals surface area (Å²) in [4.78, 5) is 0. The zero-order chi connectivity index (χ0) is 11.5. The van der Waals surface area contributed by atoms with Crippen molar-refractivity contribution in [3.63, 3.8) is 0 Å². The summed E-state index contributed by atoms with van der Waals surface area (Å²) in [5, 5.41) is 4.45. The number of likely N-dealkylation sites (N-methyl/N-ethyl adjacent to an activating group) is 1. The molecule has 2 heteroatoms. The summed E-state index contributed by atoms with van der Waals surface area (Å²) in [5.74, 6) is 0. The van der Waals surface area contributed by atoms with E-state index in [0.717, 1.165) is 6.54 Å². The smallest absolute Gasteiger partial charge is 0.0486 e. The molecule has 16 heavy (non-hydrogen) atoms. The van der Waals surface area contributed by atoms with Gasteiger partial charge in [-0.05, 0) is 20.0 Å². The molecular formula is C14H18N2. The van der Waals surface area contributed by atoms with E-state index >= 15 is 0 Å². The Balaban J connectivity index is 2.55. The summed E-state index contributed by atoms with van der Waals surface area (Å²) in [6.07, 6.45) is 4.36. The molecular weight excluding hydrogens is 196 g/mol. The van der Waals surface area contributed by atoms with Crippen LogP contribution in [0.15, 0.2) is 30.3 Å². The van der Waals surface area contributed by atoms with Gasteiger partial charge < -0.3 is 9.88 Å². The number of rotatable bonds is 3. The first kappa shape index (κ1) is 11.0. The fourth-order valence-corrected chi connectivity index (χ4v) is 2.06. The molecule has 2 aromatic rings. The van der Waals surface area contributed by atoms with Crippen LogP contribution < -0.4 is 5.32 Å². The predicted molar refractivity (Wildman–Crippen MR) is 70.6 cm³/mol. The third kappa shape index (κ3) is 1.76. The molecule has 2 rings (SSSR count). The van der Waals surface area contributed by atoms with Gasteiger partial charge in [0.2, 0.25) is 0 Å². The second-order valence-corrected chi connectivity index (χ2v) is 4.04. The van der Waals surface area contributed by atoms with Crippen molar-refractivity contribution in [1.29, 1.82) is 0 Å². The minimum absolute atomic E-state index is 0.905. The number of hydrogen-bond donors (Lipinski definition) is 1. The van der Waals surface area contributed by atoms with Gasteiger partial charge in [0.25, 0.3) is 0 Å². The average molecular weight is 214 g/mol. The van der Waals surface area contributed by atoms with Gasteiger partial charge in [0.1, 0.15) is 0 Å². The molecule has 0 atom stereocenters. The fourth-order valence-electron chi connectivity index (χ4n) is 2.06. The summed E-state index contributed by atoms with van der Waals surface area (Å²) < 4.78 is 2.24. The number of nitrogens with zero attached hydrogens (tertiary/aromatic N) is 1. The van der Waals surface area contributed by atoms with Crippen LogP contribution in [0.1, 0.15) is 11.3 Å². The van der Waals surface area contributed by atoms with E-state index in [2.05, 4.69) is 60.3 Å². The lowest BCUT2D eigenvalue weighted by Crippen LogP contribution is -2.03. The van der Waals surface area contributed by atoms with Crippen LogP contribution in [0.4, 0.5) is 0 Å². The van der Waals surface area contributed by atoms with E-state index in [9.17, 15) is 0 Å². The molecule has 0 bridgehead atoms. The van der Waals surface area contributed by atoms with E-state index in [0.29, 0.717) is 0 Å². The largest absolute Gasteiger partial charge is 0.347 e. The third-order valence-corrected chi connectivity index (χ3v) is 3.05. The molecule has 0 saturated heterocycles. The average Bonchev–Trinajstić information content (AvgIpc) is 2.55. The Bertz CT molecular complexity index is 521. The van der Waals surface area contributed by atoms with Crippen LogP contribution in [-0.4, -0.2) is 18.2 Å². The van der Waals surface area contributed by atoms with E-state index in [-0.39, 0.29) is 0 Å². The number of benzene rings is 1. The number of nitrogens with one attached hydrogen (secondary N) is 1. The van der Waals surface area contributed by atoms with Crippen LogP contribution in [0, 0.1) is 6.92 Å². The summed E-state index contributed by atoms with van der Waals surface area (Å²) >= 11 is 0. The lowest BCUT2D eigenvalue weighted by atomic mass is 10.1. The molecule has 0 aliphatic carbocycles. The molecule has 1 heterocycles. The Kier molecular flexibility index (Phi) is 3.11. The van der Waals surface area contributed by atoms with Gasteiger partial charge in [0.05, 0.1) is 0 Å². The molecule has 0 saturated carbocycles. The molecule has 0 spiro atoms. The van der Waals surface area contributed by atoms with Crippen molar-refractivity contribution in [3.8, 4) is 0 Å². The fraction of sp³-hybridized carbons (Fsp3) is 0.286. The zero-order valence-corrected chi connectivity index (χ0v) is 10.1. The number of aromatic nitrogens is 1. The minimum Gasteiger partial charge on any atom is -0.347 e. The van der Waals surface area contributed by atoms with Crippen molar-refractivity contribution < 1.29 is 0 Å². The Morgan fingerprint density at radius 1 is 1.31 bits per heavy atom. The molecule has 0 radical (unpaired) electrons. The monoisotopic (exact) mass is 214 g/mol. The van der Waals surface area contributed by atoms with Crippen LogP contribution in [-0.2, 0) is 7.05 Å². The van der Waals surface area contributed by atoms with Gasteiger partial charge in [-0.25, -0.2) is 0 Å². The van der Waals surface area contributed by atoms with Crippen LogP contribution in [0.25, 0.3) is 17.0 Å². The van der Waals surface area contributed by atoms with Crippen molar-refractivity contribution in [2.75, 3.05) is 13.6 Å². The SMILES string of the molecule is CNCC=Cc1c(C)n(C)c2ccccc12. The molecule has 1 aromatic heterocycles. The van der Waals surface area contributed by atoms with Crippen molar-refractivity contribution >= 4 is 17.0 Å². The van der Waals surface area contributed by atoms with Crippen molar-refractivity contribution in [2.45, 2.75) is 6.92 Å². The normalized spacial score (nSPS) is 11.7. The summed E-state index contributed by atoms with van der Waals surface area (Å²) in [7, 11) is 4.08.